The lowest BCUT2D eigenvalue weighted by molar-refractivity contribution is -0.131. The van der Waals surface area contributed by atoms with Crippen LogP contribution in [-0.4, -0.2) is 86.8 Å². The topological polar surface area (TPSA) is 120 Å². The normalized spacial score (nSPS) is 15.4. The van der Waals surface area contributed by atoms with Crippen molar-refractivity contribution >= 4 is 42.5 Å². The van der Waals surface area contributed by atoms with Crippen molar-refractivity contribution in [1.29, 1.82) is 0 Å². The zero-order valence-corrected chi connectivity index (χ0v) is 25.8. The lowest BCUT2D eigenvalue weighted by Gasteiger charge is -2.38. The molecule has 0 unspecified atom stereocenters. The molecule has 230 valence electrons. The molecule has 11 heteroatoms. The molecule has 1 fully saturated rings. The molecule has 4 amide bonds. The Morgan fingerprint density at radius 3 is 2.55 bits per heavy atom. The van der Waals surface area contributed by atoms with Crippen molar-refractivity contribution in [2.24, 2.45) is 0 Å². The minimum absolute atomic E-state index is 0.0426. The van der Waals surface area contributed by atoms with Gasteiger partial charge in [-0.25, -0.2) is 4.79 Å². The number of rotatable bonds is 9. The van der Waals surface area contributed by atoms with E-state index in [9.17, 15) is 14.4 Å². The number of carbonyl (C=O) groups excluding carboxylic acids is 3. The van der Waals surface area contributed by atoms with Gasteiger partial charge in [0.1, 0.15) is 13.6 Å². The molecule has 2 heterocycles. The molecule has 0 radical (unpaired) electrons. The maximum Gasteiger partial charge on any atom is 0.322 e. The van der Waals surface area contributed by atoms with Gasteiger partial charge in [-0.2, -0.15) is 0 Å². The summed E-state index contributed by atoms with van der Waals surface area (Å²) in [5, 5.41) is 5.83. The molecule has 3 aromatic rings. The standard InChI is InChI=1S/C33H41BN6O4/c1-38(20-22-6-4-3-5-7-22)21-25-16-24(18-28(34)31(25)35)32(42)36-19-30(41)39-13-11-26(12-14-39)40-15-10-23-17-27(44-2)8-9-29(23)37-33(40)43/h3-9,16-18,26H,10-15,19-21,34-35H2,1-2H3,(H,36,42)(H,37,43). The second-order valence-corrected chi connectivity index (χ2v) is 11.7. The fourth-order valence-corrected chi connectivity index (χ4v) is 6.08. The Kier molecular flexibility index (Phi) is 9.74. The third-order valence-corrected chi connectivity index (χ3v) is 8.57. The highest BCUT2D eigenvalue weighted by atomic mass is 16.5. The van der Waals surface area contributed by atoms with Crippen molar-refractivity contribution in [2.75, 3.05) is 51.4 Å². The molecule has 5 rings (SSSR count). The van der Waals surface area contributed by atoms with Crippen molar-refractivity contribution in [3.63, 3.8) is 0 Å². The van der Waals surface area contributed by atoms with Gasteiger partial charge in [-0.3, -0.25) is 14.5 Å². The van der Waals surface area contributed by atoms with Crippen molar-refractivity contribution in [3.05, 3.63) is 82.9 Å². The van der Waals surface area contributed by atoms with Gasteiger partial charge in [0.05, 0.1) is 13.7 Å². The fourth-order valence-electron chi connectivity index (χ4n) is 6.08. The van der Waals surface area contributed by atoms with Gasteiger partial charge in [-0.1, -0.05) is 41.9 Å². The van der Waals surface area contributed by atoms with Crippen LogP contribution < -0.4 is 26.6 Å². The maximum atomic E-state index is 13.1. The first-order valence-electron chi connectivity index (χ1n) is 15.1. The lowest BCUT2D eigenvalue weighted by Crippen LogP contribution is -2.51. The average molecular weight is 597 g/mol. The third kappa shape index (κ3) is 7.34. The number of carbonyl (C=O) groups is 3. The molecular formula is C33H41BN6O4. The van der Waals surface area contributed by atoms with Crippen LogP contribution in [0.3, 0.4) is 0 Å². The van der Waals surface area contributed by atoms with Crippen LogP contribution in [0.2, 0.25) is 0 Å². The number of nitrogens with two attached hydrogens (primary N) is 1. The summed E-state index contributed by atoms with van der Waals surface area (Å²) < 4.78 is 5.34. The van der Waals surface area contributed by atoms with Gasteiger partial charge < -0.3 is 30.9 Å². The molecule has 44 heavy (non-hydrogen) atoms. The number of fused-ring (bicyclic) bond motifs is 1. The Hall–Kier alpha value is -4.51. The lowest BCUT2D eigenvalue weighted by atomic mass is 9.89. The summed E-state index contributed by atoms with van der Waals surface area (Å²) in [7, 11) is 5.54. The van der Waals surface area contributed by atoms with Gasteiger partial charge in [0.25, 0.3) is 5.91 Å². The summed E-state index contributed by atoms with van der Waals surface area (Å²) in [6.45, 7) is 2.92. The Morgan fingerprint density at radius 2 is 1.82 bits per heavy atom. The third-order valence-electron chi connectivity index (χ3n) is 8.57. The van der Waals surface area contributed by atoms with Gasteiger partial charge in [0.2, 0.25) is 5.91 Å². The Labute approximate surface area is 259 Å². The van der Waals surface area contributed by atoms with Gasteiger partial charge in [-0.05, 0) is 67.3 Å². The van der Waals surface area contributed by atoms with Crippen molar-refractivity contribution in [1.82, 2.24) is 20.0 Å². The summed E-state index contributed by atoms with van der Waals surface area (Å²) in [4.78, 5) is 44.9. The summed E-state index contributed by atoms with van der Waals surface area (Å²) in [5.74, 6) is 0.330. The largest absolute Gasteiger partial charge is 0.497 e. The number of nitrogen functional groups attached to an aromatic ring is 1. The Morgan fingerprint density at radius 1 is 1.07 bits per heavy atom. The molecule has 2 aliphatic heterocycles. The molecule has 1 saturated heterocycles. The zero-order valence-electron chi connectivity index (χ0n) is 25.8. The molecule has 0 atom stereocenters. The number of nitrogens with zero attached hydrogens (tertiary/aromatic N) is 3. The van der Waals surface area contributed by atoms with Crippen LogP contribution in [0.5, 0.6) is 5.75 Å². The zero-order chi connectivity index (χ0) is 31.2. The highest BCUT2D eigenvalue weighted by Crippen LogP contribution is 2.27. The van der Waals surface area contributed by atoms with E-state index in [1.54, 1.807) is 18.1 Å². The first kappa shape index (κ1) is 30.9. The van der Waals surface area contributed by atoms with Crippen LogP contribution in [0.4, 0.5) is 16.2 Å². The van der Waals surface area contributed by atoms with E-state index < -0.39 is 0 Å². The Balaban J connectivity index is 1.12. The maximum absolute atomic E-state index is 13.1. The van der Waals surface area contributed by atoms with Crippen LogP contribution in [-0.2, 0) is 24.3 Å². The number of likely N-dealkylation sites (tertiary alicyclic amines) is 1. The van der Waals surface area contributed by atoms with Crippen molar-refractivity contribution < 1.29 is 19.1 Å². The Bertz CT molecular complexity index is 1510. The molecular weight excluding hydrogens is 555 g/mol. The van der Waals surface area contributed by atoms with E-state index >= 15 is 0 Å². The predicted octanol–water partition coefficient (Wildman–Crippen LogP) is 1.98. The van der Waals surface area contributed by atoms with E-state index in [-0.39, 0.29) is 30.4 Å². The van der Waals surface area contributed by atoms with E-state index in [1.165, 1.54) is 5.56 Å². The van der Waals surface area contributed by atoms with Gasteiger partial charge in [0.15, 0.2) is 0 Å². The monoisotopic (exact) mass is 596 g/mol. The molecule has 0 aromatic heterocycles. The molecule has 0 bridgehead atoms. The smallest absolute Gasteiger partial charge is 0.322 e. The number of urea groups is 1. The van der Waals surface area contributed by atoms with E-state index in [1.807, 2.05) is 62.3 Å². The van der Waals surface area contributed by atoms with E-state index in [2.05, 4.69) is 27.7 Å². The summed E-state index contributed by atoms with van der Waals surface area (Å²) in [6, 6.07) is 19.4. The minimum Gasteiger partial charge on any atom is -0.497 e. The fraction of sp³-hybridized carbons (Fsp3) is 0.364. The predicted molar refractivity (Wildman–Crippen MR) is 175 cm³/mol. The van der Waals surface area contributed by atoms with E-state index in [0.29, 0.717) is 50.3 Å². The summed E-state index contributed by atoms with van der Waals surface area (Å²) in [6.07, 6.45) is 2.10. The quantitative estimate of drug-likeness (QED) is 0.257. The second-order valence-electron chi connectivity index (χ2n) is 11.7. The molecule has 4 N–H and O–H groups in total. The molecule has 3 aromatic carbocycles. The number of methoxy groups -OCH3 is 1. The average Bonchev–Trinajstić information content (AvgIpc) is 3.19. The number of piperidine rings is 1. The molecule has 0 saturated carbocycles. The van der Waals surface area contributed by atoms with Crippen molar-refractivity contribution in [2.45, 2.75) is 38.4 Å². The molecule has 10 nitrogen and oxygen atoms in total. The summed E-state index contributed by atoms with van der Waals surface area (Å²) >= 11 is 0. The number of hydrogen-bond acceptors (Lipinski definition) is 6. The second kappa shape index (κ2) is 13.9. The van der Waals surface area contributed by atoms with Crippen LogP contribution in [0.15, 0.2) is 60.7 Å². The number of nitrogens with one attached hydrogen (secondary N) is 2. The number of anilines is 2. The van der Waals surface area contributed by atoms with Crippen LogP contribution in [0.1, 0.15) is 39.9 Å². The molecule has 2 aliphatic rings. The van der Waals surface area contributed by atoms with Gasteiger partial charge in [-0.15, -0.1) is 0 Å². The van der Waals surface area contributed by atoms with Gasteiger partial charge >= 0.3 is 6.03 Å². The first-order chi connectivity index (χ1) is 21.2. The highest BCUT2D eigenvalue weighted by Gasteiger charge is 2.31. The van der Waals surface area contributed by atoms with Gasteiger partial charge in [0, 0.05) is 55.7 Å². The number of ether oxygens (including phenoxy) is 1. The number of benzene rings is 3. The highest BCUT2D eigenvalue weighted by molar-refractivity contribution is 6.36. The van der Waals surface area contributed by atoms with Crippen LogP contribution >= 0.6 is 0 Å². The number of amides is 4. The van der Waals surface area contributed by atoms with Crippen LogP contribution in [0, 0.1) is 0 Å². The molecule has 0 spiro atoms. The van der Waals surface area contributed by atoms with Crippen LogP contribution in [0.25, 0.3) is 0 Å². The number of hydrogen-bond donors (Lipinski definition) is 3. The first-order valence-corrected chi connectivity index (χ1v) is 15.1. The van der Waals surface area contributed by atoms with Crippen molar-refractivity contribution in [3.8, 4) is 5.75 Å². The SMILES string of the molecule is Bc1cc(C(=O)NCC(=O)N2CCC(N3CCc4cc(OC)ccc4NC3=O)CC2)cc(CN(C)Cc2ccccc2)c1N. The van der Waals surface area contributed by atoms with E-state index in [0.717, 1.165) is 41.0 Å². The summed E-state index contributed by atoms with van der Waals surface area (Å²) in [5.41, 5.74) is 12.3. The minimum atomic E-state index is -0.305. The van der Waals surface area contributed by atoms with E-state index in [4.69, 9.17) is 10.5 Å². The molecule has 0 aliphatic carbocycles.